The second-order valence-corrected chi connectivity index (χ2v) is 5.93. The molecule has 5 heteroatoms. The highest BCUT2D eigenvalue weighted by Crippen LogP contribution is 2.29. The van der Waals surface area contributed by atoms with Gasteiger partial charge in [0.2, 0.25) is 0 Å². The smallest absolute Gasteiger partial charge is 0.251 e. The number of benzene rings is 2. The van der Waals surface area contributed by atoms with Gasteiger partial charge in [-0.3, -0.25) is 4.79 Å². The number of rotatable bonds is 4. The predicted octanol–water partition coefficient (Wildman–Crippen LogP) is 4.13. The quantitative estimate of drug-likeness (QED) is 0.764. The Bertz CT molecular complexity index is 840. The molecule has 0 aliphatic carbocycles. The van der Waals surface area contributed by atoms with Crippen molar-refractivity contribution >= 4 is 32.7 Å². The van der Waals surface area contributed by atoms with Crippen molar-refractivity contribution in [3.05, 3.63) is 65.2 Å². The summed E-state index contributed by atoms with van der Waals surface area (Å²) in [4.78, 5) is 12.1. The van der Waals surface area contributed by atoms with Crippen molar-refractivity contribution in [1.82, 2.24) is 10.5 Å². The van der Waals surface area contributed by atoms with Crippen LogP contribution in [0, 0.1) is 0 Å². The molecule has 0 radical (unpaired) electrons. The lowest BCUT2D eigenvalue weighted by molar-refractivity contribution is 0.0958. The van der Waals surface area contributed by atoms with Crippen LogP contribution in [0.3, 0.4) is 0 Å². The Morgan fingerprint density at radius 1 is 1.23 bits per heavy atom. The van der Waals surface area contributed by atoms with E-state index in [0.29, 0.717) is 17.9 Å². The van der Waals surface area contributed by atoms with Crippen LogP contribution in [0.2, 0.25) is 0 Å². The molecule has 1 heterocycles. The van der Waals surface area contributed by atoms with Crippen LogP contribution in [0.1, 0.15) is 10.4 Å². The van der Waals surface area contributed by atoms with Crippen LogP contribution >= 0.6 is 15.9 Å². The van der Waals surface area contributed by atoms with Gasteiger partial charge in [0.1, 0.15) is 5.52 Å². The molecule has 0 bridgehead atoms. The molecule has 0 spiro atoms. The highest BCUT2D eigenvalue weighted by atomic mass is 79.9. The summed E-state index contributed by atoms with van der Waals surface area (Å²) >= 11 is 3.22. The fourth-order valence-corrected chi connectivity index (χ4v) is 2.30. The number of amides is 1. The monoisotopic (exact) mass is 356 g/mol. The van der Waals surface area contributed by atoms with Crippen molar-refractivity contribution in [3.8, 4) is 11.3 Å². The third-order valence-corrected chi connectivity index (χ3v) is 3.50. The molecule has 0 saturated carbocycles. The molecule has 22 heavy (non-hydrogen) atoms. The number of hydrogen-bond acceptors (Lipinski definition) is 3. The summed E-state index contributed by atoms with van der Waals surface area (Å²) in [5.41, 5.74) is 2.21. The molecule has 110 valence electrons. The molecule has 3 aromatic rings. The van der Waals surface area contributed by atoms with Crippen LogP contribution < -0.4 is 5.32 Å². The van der Waals surface area contributed by atoms with Crippen LogP contribution in [0.15, 0.2) is 64.1 Å². The Hall–Kier alpha value is -2.40. The fourth-order valence-electron chi connectivity index (χ4n) is 2.16. The number of carbonyl (C=O) groups is 1. The van der Waals surface area contributed by atoms with E-state index in [-0.39, 0.29) is 5.91 Å². The minimum Gasteiger partial charge on any atom is -0.355 e. The van der Waals surface area contributed by atoms with E-state index >= 15 is 0 Å². The molecular weight excluding hydrogens is 344 g/mol. The van der Waals surface area contributed by atoms with E-state index in [1.165, 1.54) is 0 Å². The Morgan fingerprint density at radius 2 is 2.00 bits per heavy atom. The van der Waals surface area contributed by atoms with Crippen molar-refractivity contribution in [1.29, 1.82) is 0 Å². The molecule has 1 amide bonds. The van der Waals surface area contributed by atoms with Crippen molar-refractivity contribution in [2.24, 2.45) is 0 Å². The van der Waals surface area contributed by atoms with Crippen molar-refractivity contribution < 1.29 is 9.32 Å². The van der Waals surface area contributed by atoms with Crippen LogP contribution in [0.5, 0.6) is 0 Å². The van der Waals surface area contributed by atoms with Crippen molar-refractivity contribution in [3.63, 3.8) is 0 Å². The first-order valence-corrected chi connectivity index (χ1v) is 7.51. The zero-order chi connectivity index (χ0) is 15.5. The third-order valence-electron chi connectivity index (χ3n) is 3.22. The van der Waals surface area contributed by atoms with Gasteiger partial charge in [-0.1, -0.05) is 58.0 Å². The summed E-state index contributed by atoms with van der Waals surface area (Å²) < 4.78 is 6.15. The fraction of sp³-hybridized carbons (Fsp3) is 0.0588. The molecule has 0 aliphatic rings. The molecule has 2 aromatic carbocycles. The lowest BCUT2D eigenvalue weighted by Crippen LogP contribution is -2.24. The van der Waals surface area contributed by atoms with E-state index in [2.05, 4.69) is 33.0 Å². The average Bonchev–Trinajstić information content (AvgIpc) is 2.96. The maximum atomic E-state index is 12.1. The Balaban J connectivity index is 1.98. The van der Waals surface area contributed by atoms with E-state index in [4.69, 9.17) is 4.52 Å². The minimum atomic E-state index is -0.164. The largest absolute Gasteiger partial charge is 0.355 e. The first-order chi connectivity index (χ1) is 10.6. The molecule has 0 atom stereocenters. The predicted molar refractivity (Wildman–Crippen MR) is 89.8 cm³/mol. The summed E-state index contributed by atoms with van der Waals surface area (Å²) in [6, 6.07) is 15.0. The molecule has 0 aliphatic heterocycles. The number of nitrogens with zero attached hydrogens (tertiary/aromatic N) is 1. The van der Waals surface area contributed by atoms with Gasteiger partial charge in [0.25, 0.3) is 5.91 Å². The van der Waals surface area contributed by atoms with Gasteiger partial charge in [-0.15, -0.1) is 0 Å². The van der Waals surface area contributed by atoms with Gasteiger partial charge in [0.05, 0.1) is 5.39 Å². The SMILES string of the molecule is C=C(Br)CNC(=O)c1ccc2noc(-c3ccccc3)c2c1. The van der Waals surface area contributed by atoms with Gasteiger partial charge in [0.15, 0.2) is 5.76 Å². The Kier molecular flexibility index (Phi) is 4.06. The van der Waals surface area contributed by atoms with E-state index in [1.54, 1.807) is 18.2 Å². The lowest BCUT2D eigenvalue weighted by atomic mass is 10.1. The first kappa shape index (κ1) is 14.5. The molecule has 4 nitrogen and oxygen atoms in total. The van der Waals surface area contributed by atoms with Gasteiger partial charge in [-0.05, 0) is 18.2 Å². The van der Waals surface area contributed by atoms with Gasteiger partial charge in [0, 0.05) is 22.2 Å². The second kappa shape index (κ2) is 6.15. The highest BCUT2D eigenvalue weighted by molar-refractivity contribution is 9.11. The standard InChI is InChI=1S/C17H13BrN2O2/c1-11(18)10-19-17(21)13-7-8-15-14(9-13)16(22-20-15)12-5-3-2-4-6-12/h2-9H,1,10H2,(H,19,21). The molecule has 3 rings (SSSR count). The lowest BCUT2D eigenvalue weighted by Gasteiger charge is -2.04. The summed E-state index contributed by atoms with van der Waals surface area (Å²) in [5.74, 6) is 0.498. The average molecular weight is 357 g/mol. The second-order valence-electron chi connectivity index (χ2n) is 4.81. The maximum absolute atomic E-state index is 12.1. The zero-order valence-electron chi connectivity index (χ0n) is 11.7. The van der Waals surface area contributed by atoms with Gasteiger partial charge >= 0.3 is 0 Å². The molecule has 0 unspecified atom stereocenters. The van der Waals surface area contributed by atoms with Gasteiger partial charge in [-0.25, -0.2) is 0 Å². The van der Waals surface area contributed by atoms with E-state index in [0.717, 1.165) is 20.9 Å². The summed E-state index contributed by atoms with van der Waals surface area (Å²) in [5, 5.41) is 7.64. The molecular formula is C17H13BrN2O2. The summed E-state index contributed by atoms with van der Waals surface area (Å²) in [6.45, 7) is 4.07. The molecule has 1 N–H and O–H groups in total. The number of hydrogen-bond donors (Lipinski definition) is 1. The van der Waals surface area contributed by atoms with Crippen LogP contribution in [0.25, 0.3) is 22.2 Å². The maximum Gasteiger partial charge on any atom is 0.251 e. The number of aromatic nitrogens is 1. The molecule has 0 fully saturated rings. The third kappa shape index (κ3) is 2.94. The highest BCUT2D eigenvalue weighted by Gasteiger charge is 2.13. The van der Waals surface area contributed by atoms with E-state index in [9.17, 15) is 4.79 Å². The number of halogens is 1. The molecule has 0 saturated heterocycles. The van der Waals surface area contributed by atoms with Gasteiger partial charge in [-0.2, -0.15) is 0 Å². The topological polar surface area (TPSA) is 55.1 Å². The van der Waals surface area contributed by atoms with Crippen LogP contribution in [0.4, 0.5) is 0 Å². The Labute approximate surface area is 135 Å². The van der Waals surface area contributed by atoms with E-state index in [1.807, 2.05) is 30.3 Å². The number of carbonyl (C=O) groups excluding carboxylic acids is 1. The Morgan fingerprint density at radius 3 is 2.73 bits per heavy atom. The number of fused-ring (bicyclic) bond motifs is 1. The zero-order valence-corrected chi connectivity index (χ0v) is 13.3. The molecule has 1 aromatic heterocycles. The summed E-state index contributed by atoms with van der Waals surface area (Å²) in [6.07, 6.45) is 0. The first-order valence-electron chi connectivity index (χ1n) is 6.71. The van der Waals surface area contributed by atoms with Crippen LogP contribution in [-0.4, -0.2) is 17.6 Å². The normalized spacial score (nSPS) is 10.6. The minimum absolute atomic E-state index is 0.164. The van der Waals surface area contributed by atoms with E-state index < -0.39 is 0 Å². The summed E-state index contributed by atoms with van der Waals surface area (Å²) in [7, 11) is 0. The van der Waals surface area contributed by atoms with Crippen molar-refractivity contribution in [2.45, 2.75) is 0 Å². The number of nitrogens with one attached hydrogen (secondary N) is 1. The van der Waals surface area contributed by atoms with Crippen molar-refractivity contribution in [2.75, 3.05) is 6.54 Å². The van der Waals surface area contributed by atoms with Gasteiger partial charge < -0.3 is 9.84 Å². The van der Waals surface area contributed by atoms with Crippen LogP contribution in [-0.2, 0) is 0 Å².